The lowest BCUT2D eigenvalue weighted by Crippen LogP contribution is -2.14. The number of hydrogen-bond acceptors (Lipinski definition) is 2. The van der Waals surface area contributed by atoms with Crippen LogP contribution in [0, 0.1) is 0 Å². The molecule has 104 valence electrons. The van der Waals surface area contributed by atoms with Gasteiger partial charge in [0.25, 0.3) is 0 Å². The summed E-state index contributed by atoms with van der Waals surface area (Å²) in [5.74, 6) is 0.361. The van der Waals surface area contributed by atoms with E-state index in [9.17, 15) is 4.79 Å². The third kappa shape index (κ3) is 2.72. The summed E-state index contributed by atoms with van der Waals surface area (Å²) < 4.78 is 5.89. The van der Waals surface area contributed by atoms with Crippen LogP contribution in [0.1, 0.15) is 15.9 Å². The summed E-state index contributed by atoms with van der Waals surface area (Å²) in [5, 5.41) is 2.18. The highest BCUT2D eigenvalue weighted by Crippen LogP contribution is 2.26. The van der Waals surface area contributed by atoms with E-state index in [0.717, 1.165) is 22.1 Å². The Bertz CT molecular complexity index is 791. The molecule has 3 aromatic carbocycles. The number of carbonyl (C=O) groups excluding carboxylic acids is 1. The molecule has 3 aromatic rings. The molecule has 0 bridgehead atoms. The Balaban J connectivity index is 1.89. The van der Waals surface area contributed by atoms with Gasteiger partial charge in [0.1, 0.15) is 12.4 Å². The van der Waals surface area contributed by atoms with Crippen LogP contribution in [0.25, 0.3) is 10.8 Å². The van der Waals surface area contributed by atoms with E-state index in [1.807, 2.05) is 54.6 Å². The third-order valence-corrected chi connectivity index (χ3v) is 3.42. The predicted molar refractivity (Wildman–Crippen MR) is 83.2 cm³/mol. The van der Waals surface area contributed by atoms with Crippen LogP contribution >= 0.6 is 0 Å². The van der Waals surface area contributed by atoms with Crippen LogP contribution in [0.4, 0.5) is 0 Å². The molecule has 0 spiro atoms. The topological polar surface area (TPSA) is 52.3 Å². The van der Waals surface area contributed by atoms with Crippen LogP contribution < -0.4 is 10.5 Å². The number of benzene rings is 3. The normalized spacial score (nSPS) is 10.5. The van der Waals surface area contributed by atoms with E-state index in [-0.39, 0.29) is 0 Å². The summed E-state index contributed by atoms with van der Waals surface area (Å²) in [7, 11) is 0. The average molecular weight is 277 g/mol. The van der Waals surface area contributed by atoms with Gasteiger partial charge in [-0.1, -0.05) is 54.6 Å². The molecule has 2 N–H and O–H groups in total. The second-order valence-electron chi connectivity index (χ2n) is 4.79. The molecule has 0 saturated heterocycles. The zero-order valence-electron chi connectivity index (χ0n) is 11.5. The Morgan fingerprint density at radius 3 is 2.48 bits per heavy atom. The van der Waals surface area contributed by atoms with Crippen LogP contribution in [0.15, 0.2) is 66.7 Å². The lowest BCUT2D eigenvalue weighted by atomic mass is 10.1. The fourth-order valence-corrected chi connectivity index (χ4v) is 2.36. The van der Waals surface area contributed by atoms with E-state index in [2.05, 4.69) is 0 Å². The van der Waals surface area contributed by atoms with Crippen molar-refractivity contribution in [3.8, 4) is 5.75 Å². The van der Waals surface area contributed by atoms with Gasteiger partial charge in [-0.05, 0) is 17.5 Å². The van der Waals surface area contributed by atoms with Gasteiger partial charge in [0, 0.05) is 16.5 Å². The second-order valence-corrected chi connectivity index (χ2v) is 4.79. The Kier molecular flexibility index (Phi) is 3.56. The number of carbonyl (C=O) groups is 1. The Labute approximate surface area is 123 Å². The van der Waals surface area contributed by atoms with Crippen molar-refractivity contribution >= 4 is 16.7 Å². The maximum absolute atomic E-state index is 11.4. The number of ether oxygens (including phenoxy) is 1. The fourth-order valence-electron chi connectivity index (χ4n) is 2.36. The summed E-state index contributed by atoms with van der Waals surface area (Å²) in [6.45, 7) is 0.313. The monoisotopic (exact) mass is 277 g/mol. The lowest BCUT2D eigenvalue weighted by molar-refractivity contribution is 0.0998. The molecular weight excluding hydrogens is 262 g/mol. The van der Waals surface area contributed by atoms with Gasteiger partial charge < -0.3 is 10.5 Å². The predicted octanol–water partition coefficient (Wildman–Crippen LogP) is 3.52. The van der Waals surface area contributed by atoms with Crippen LogP contribution in [-0.2, 0) is 6.61 Å². The Hall–Kier alpha value is -2.81. The first-order valence-corrected chi connectivity index (χ1v) is 6.74. The quantitative estimate of drug-likeness (QED) is 0.793. The minimum Gasteiger partial charge on any atom is -0.488 e. The highest BCUT2D eigenvalue weighted by atomic mass is 16.5. The van der Waals surface area contributed by atoms with E-state index in [0.29, 0.717) is 12.2 Å². The molecule has 0 atom stereocenters. The zero-order valence-corrected chi connectivity index (χ0v) is 11.5. The van der Waals surface area contributed by atoms with Gasteiger partial charge in [-0.2, -0.15) is 0 Å². The molecule has 0 aromatic heterocycles. The molecular formula is C18H15NO2. The maximum atomic E-state index is 11.4. The number of rotatable bonds is 4. The summed E-state index contributed by atoms with van der Waals surface area (Å²) in [4.78, 5) is 11.4. The summed E-state index contributed by atoms with van der Waals surface area (Å²) >= 11 is 0. The van der Waals surface area contributed by atoms with Crippen LogP contribution in [0.5, 0.6) is 5.75 Å². The van der Waals surface area contributed by atoms with E-state index in [1.165, 1.54) is 0 Å². The van der Waals surface area contributed by atoms with Crippen molar-refractivity contribution in [1.82, 2.24) is 0 Å². The third-order valence-electron chi connectivity index (χ3n) is 3.42. The average Bonchev–Trinajstić information content (AvgIpc) is 2.53. The van der Waals surface area contributed by atoms with Crippen molar-refractivity contribution < 1.29 is 9.53 Å². The molecule has 0 aliphatic rings. The molecule has 21 heavy (non-hydrogen) atoms. The van der Waals surface area contributed by atoms with Gasteiger partial charge in [-0.25, -0.2) is 0 Å². The number of primary amides is 1. The standard InChI is InChI=1S/C18H15NO2/c19-18(20)16-10-4-2-7-14(16)12-21-17-11-5-8-13-6-1-3-9-15(13)17/h1-11H,12H2,(H2,19,20). The highest BCUT2D eigenvalue weighted by Gasteiger charge is 2.08. The number of amides is 1. The van der Waals surface area contributed by atoms with Crippen LogP contribution in [0.2, 0.25) is 0 Å². The number of hydrogen-bond donors (Lipinski definition) is 1. The summed E-state index contributed by atoms with van der Waals surface area (Å²) in [6, 6.07) is 21.2. The minimum atomic E-state index is -0.438. The number of fused-ring (bicyclic) bond motifs is 1. The van der Waals surface area contributed by atoms with Crippen LogP contribution in [-0.4, -0.2) is 5.91 Å². The molecule has 3 heteroatoms. The van der Waals surface area contributed by atoms with E-state index in [4.69, 9.17) is 10.5 Å². The smallest absolute Gasteiger partial charge is 0.249 e. The molecule has 0 aliphatic heterocycles. The van der Waals surface area contributed by atoms with Crippen LogP contribution in [0.3, 0.4) is 0 Å². The SMILES string of the molecule is NC(=O)c1ccccc1COc1cccc2ccccc12. The minimum absolute atomic E-state index is 0.313. The molecule has 0 aliphatic carbocycles. The molecule has 3 rings (SSSR count). The van der Waals surface area contributed by atoms with Crippen molar-refractivity contribution in [2.45, 2.75) is 6.61 Å². The second kappa shape index (κ2) is 5.67. The number of nitrogens with two attached hydrogens (primary N) is 1. The zero-order chi connectivity index (χ0) is 14.7. The van der Waals surface area contributed by atoms with Gasteiger partial charge in [0.15, 0.2) is 0 Å². The van der Waals surface area contributed by atoms with E-state index < -0.39 is 5.91 Å². The van der Waals surface area contributed by atoms with Crippen molar-refractivity contribution in [3.63, 3.8) is 0 Å². The van der Waals surface area contributed by atoms with Gasteiger partial charge in [0.2, 0.25) is 5.91 Å². The molecule has 0 heterocycles. The van der Waals surface area contributed by atoms with E-state index >= 15 is 0 Å². The Morgan fingerprint density at radius 1 is 0.905 bits per heavy atom. The van der Waals surface area contributed by atoms with E-state index in [1.54, 1.807) is 12.1 Å². The van der Waals surface area contributed by atoms with Crippen molar-refractivity contribution in [2.24, 2.45) is 5.73 Å². The first kappa shape index (κ1) is 13.2. The summed E-state index contributed by atoms with van der Waals surface area (Å²) in [5.41, 5.74) is 6.67. The fraction of sp³-hybridized carbons (Fsp3) is 0.0556. The van der Waals surface area contributed by atoms with Gasteiger partial charge in [-0.3, -0.25) is 4.79 Å². The highest BCUT2D eigenvalue weighted by molar-refractivity contribution is 5.94. The van der Waals surface area contributed by atoms with Crippen molar-refractivity contribution in [3.05, 3.63) is 77.9 Å². The molecule has 1 amide bonds. The lowest BCUT2D eigenvalue weighted by Gasteiger charge is -2.11. The van der Waals surface area contributed by atoms with Gasteiger partial charge >= 0.3 is 0 Å². The Morgan fingerprint density at radius 2 is 1.62 bits per heavy atom. The largest absolute Gasteiger partial charge is 0.488 e. The van der Waals surface area contributed by atoms with Gasteiger partial charge in [0.05, 0.1) is 0 Å². The summed E-state index contributed by atoms with van der Waals surface area (Å²) in [6.07, 6.45) is 0. The maximum Gasteiger partial charge on any atom is 0.249 e. The van der Waals surface area contributed by atoms with Gasteiger partial charge in [-0.15, -0.1) is 0 Å². The molecule has 0 saturated carbocycles. The molecule has 0 radical (unpaired) electrons. The first-order chi connectivity index (χ1) is 10.3. The molecule has 0 unspecified atom stereocenters. The molecule has 0 fully saturated rings. The van der Waals surface area contributed by atoms with Crippen molar-refractivity contribution in [2.75, 3.05) is 0 Å². The van der Waals surface area contributed by atoms with Crippen molar-refractivity contribution in [1.29, 1.82) is 0 Å². The first-order valence-electron chi connectivity index (χ1n) is 6.74. The molecule has 3 nitrogen and oxygen atoms in total.